The molecular weight excluding hydrogens is 558 g/mol. The lowest BCUT2D eigenvalue weighted by Gasteiger charge is -2.15. The van der Waals surface area contributed by atoms with Gasteiger partial charge in [-0.05, 0) is 51.4 Å². The van der Waals surface area contributed by atoms with E-state index in [1.165, 1.54) is 54.2 Å². The average Bonchev–Trinajstić information content (AvgIpc) is 3.13. The number of hydrogen-bond acceptors (Lipinski definition) is 3. The van der Waals surface area contributed by atoms with Gasteiger partial charge in [-0.2, -0.15) is 0 Å². The molecule has 0 amide bonds. The highest BCUT2D eigenvalue weighted by Gasteiger charge is 2.16. The van der Waals surface area contributed by atoms with Crippen LogP contribution in [0.3, 0.4) is 0 Å². The second-order valence-electron chi connectivity index (χ2n) is 12.0. The fourth-order valence-electron chi connectivity index (χ4n) is 7.17. The third-order valence-electron chi connectivity index (χ3n) is 9.42. The minimum absolute atomic E-state index is 0.933. The van der Waals surface area contributed by atoms with Gasteiger partial charge in [-0.25, -0.2) is 9.97 Å². The molecule has 3 heterocycles. The van der Waals surface area contributed by atoms with E-state index in [2.05, 4.69) is 145 Å². The molecule has 10 rings (SSSR count). The van der Waals surface area contributed by atoms with E-state index in [-0.39, 0.29) is 0 Å². The Hall–Kier alpha value is -6.19. The van der Waals surface area contributed by atoms with Gasteiger partial charge >= 0.3 is 0 Å². The molecule has 3 heteroatoms. The molecule has 3 aromatic heterocycles. The molecule has 0 unspecified atom stereocenters. The zero-order valence-corrected chi connectivity index (χ0v) is 24.8. The van der Waals surface area contributed by atoms with Gasteiger partial charge in [-0.15, -0.1) is 0 Å². The molecule has 0 fully saturated rings. The third-order valence-corrected chi connectivity index (χ3v) is 9.42. The minimum atomic E-state index is 0.933. The van der Waals surface area contributed by atoms with Crippen LogP contribution in [0.25, 0.3) is 98.3 Å². The Morgan fingerprint density at radius 1 is 0.326 bits per heavy atom. The number of benzene rings is 7. The Kier molecular flexibility index (Phi) is 5.28. The number of nitrogens with zero attached hydrogens (tertiary/aromatic N) is 3. The molecule has 0 aliphatic carbocycles. The fourth-order valence-corrected chi connectivity index (χ4v) is 7.17. The van der Waals surface area contributed by atoms with Crippen LogP contribution in [0.15, 0.2) is 152 Å². The Bertz CT molecular complexity index is 2780. The van der Waals surface area contributed by atoms with E-state index in [0.717, 1.165) is 44.1 Å². The van der Waals surface area contributed by atoms with Gasteiger partial charge < -0.3 is 0 Å². The van der Waals surface area contributed by atoms with E-state index < -0.39 is 0 Å². The zero-order valence-electron chi connectivity index (χ0n) is 24.8. The Labute approximate surface area is 264 Å². The van der Waals surface area contributed by atoms with Crippen LogP contribution in [-0.2, 0) is 0 Å². The van der Waals surface area contributed by atoms with Crippen molar-refractivity contribution in [3.05, 3.63) is 152 Å². The highest BCUT2D eigenvalue weighted by Crippen LogP contribution is 2.41. The molecule has 0 bridgehead atoms. The normalized spacial score (nSPS) is 11.9. The lowest BCUT2D eigenvalue weighted by Crippen LogP contribution is -1.92. The summed E-state index contributed by atoms with van der Waals surface area (Å²) in [6.45, 7) is 0. The number of fused-ring (bicyclic) bond motifs is 10. The predicted molar refractivity (Wildman–Crippen MR) is 193 cm³/mol. The Balaban J connectivity index is 1.18. The molecule has 212 valence electrons. The molecular formula is C43H25N3. The minimum Gasteiger partial charge on any atom is -0.254 e. The lowest BCUT2D eigenvalue weighted by atomic mass is 9.91. The quantitative estimate of drug-likeness (QED) is 0.150. The topological polar surface area (TPSA) is 38.7 Å². The molecule has 10 aromatic rings. The summed E-state index contributed by atoms with van der Waals surface area (Å²) in [5.41, 5.74) is 8.39. The first-order valence-electron chi connectivity index (χ1n) is 15.6. The van der Waals surface area contributed by atoms with Crippen molar-refractivity contribution in [3.8, 4) is 22.4 Å². The Morgan fingerprint density at radius 2 is 0.870 bits per heavy atom. The van der Waals surface area contributed by atoms with Gasteiger partial charge in [-0.1, -0.05) is 121 Å². The summed E-state index contributed by atoms with van der Waals surface area (Å²) < 4.78 is 0. The zero-order chi connectivity index (χ0) is 30.2. The Morgan fingerprint density at radius 3 is 1.59 bits per heavy atom. The fraction of sp³-hybridized carbons (Fsp3) is 0. The van der Waals surface area contributed by atoms with Crippen molar-refractivity contribution in [2.75, 3.05) is 0 Å². The summed E-state index contributed by atoms with van der Waals surface area (Å²) >= 11 is 0. The van der Waals surface area contributed by atoms with E-state index in [1.54, 1.807) is 0 Å². The molecule has 0 radical (unpaired) electrons. The van der Waals surface area contributed by atoms with Gasteiger partial charge in [0.05, 0.1) is 27.8 Å². The van der Waals surface area contributed by atoms with Crippen LogP contribution in [0.1, 0.15) is 0 Å². The molecule has 0 saturated carbocycles. The monoisotopic (exact) mass is 583 g/mol. The van der Waals surface area contributed by atoms with Gasteiger partial charge in [0.2, 0.25) is 0 Å². The lowest BCUT2D eigenvalue weighted by molar-refractivity contribution is 1.37. The van der Waals surface area contributed by atoms with Gasteiger partial charge in [0.1, 0.15) is 0 Å². The van der Waals surface area contributed by atoms with Gasteiger partial charge in [0.25, 0.3) is 0 Å². The van der Waals surface area contributed by atoms with E-state index in [4.69, 9.17) is 9.97 Å². The molecule has 46 heavy (non-hydrogen) atoms. The molecule has 0 spiro atoms. The van der Waals surface area contributed by atoms with E-state index in [1.807, 2.05) is 12.3 Å². The van der Waals surface area contributed by atoms with Crippen molar-refractivity contribution in [1.82, 2.24) is 15.0 Å². The van der Waals surface area contributed by atoms with Crippen molar-refractivity contribution in [3.63, 3.8) is 0 Å². The molecule has 0 saturated heterocycles. The van der Waals surface area contributed by atoms with Crippen LogP contribution < -0.4 is 0 Å². The van der Waals surface area contributed by atoms with Crippen LogP contribution in [0.2, 0.25) is 0 Å². The van der Waals surface area contributed by atoms with Crippen molar-refractivity contribution in [1.29, 1.82) is 0 Å². The predicted octanol–water partition coefficient (Wildman–Crippen LogP) is 11.3. The second kappa shape index (κ2) is 9.65. The molecule has 0 N–H and O–H groups in total. The molecule has 0 atom stereocenters. The molecule has 0 aliphatic rings. The summed E-state index contributed by atoms with van der Waals surface area (Å²) in [4.78, 5) is 15.1. The van der Waals surface area contributed by atoms with E-state index in [9.17, 15) is 0 Å². The summed E-state index contributed by atoms with van der Waals surface area (Å²) in [6, 6.07) is 52.0. The van der Waals surface area contributed by atoms with Crippen LogP contribution in [0.5, 0.6) is 0 Å². The number of rotatable bonds is 2. The van der Waals surface area contributed by atoms with Gasteiger partial charge in [0, 0.05) is 49.6 Å². The second-order valence-corrected chi connectivity index (χ2v) is 12.0. The molecule has 3 nitrogen and oxygen atoms in total. The number of aromatic nitrogens is 3. The largest absolute Gasteiger partial charge is 0.254 e. The van der Waals surface area contributed by atoms with Crippen molar-refractivity contribution in [2.24, 2.45) is 0 Å². The SMILES string of the molecule is c1ccc2c(c1)ccc1c(-c3ccc4cc(-c5ccc6ccc7cccnc7c6n5)ccc4c3)c3ccc4ccccc4c3nc12. The van der Waals surface area contributed by atoms with Crippen molar-refractivity contribution in [2.45, 2.75) is 0 Å². The summed E-state index contributed by atoms with van der Waals surface area (Å²) in [7, 11) is 0. The first-order chi connectivity index (χ1) is 22.8. The van der Waals surface area contributed by atoms with Gasteiger partial charge in [-0.3, -0.25) is 4.98 Å². The third kappa shape index (κ3) is 3.75. The first kappa shape index (κ1) is 25.2. The average molecular weight is 584 g/mol. The maximum Gasteiger partial charge on any atom is 0.0972 e. The van der Waals surface area contributed by atoms with Crippen LogP contribution >= 0.6 is 0 Å². The van der Waals surface area contributed by atoms with Crippen molar-refractivity contribution < 1.29 is 0 Å². The molecule has 7 aromatic carbocycles. The maximum atomic E-state index is 5.36. The standard InChI is InChI=1S/C43H25N3/c1-3-9-34-26(6-1)17-20-36-39(37-21-18-27-7-2-4-10-35(27)43(37)46-42(34)36)33-16-14-30-24-32(15-13-31(30)25-33)38-22-19-29-12-11-28-8-5-23-44-40(28)41(29)45-38/h1-25H. The first-order valence-corrected chi connectivity index (χ1v) is 15.6. The van der Waals surface area contributed by atoms with Crippen LogP contribution in [0.4, 0.5) is 0 Å². The van der Waals surface area contributed by atoms with E-state index >= 15 is 0 Å². The highest BCUT2D eigenvalue weighted by molar-refractivity contribution is 6.21. The maximum absolute atomic E-state index is 5.36. The van der Waals surface area contributed by atoms with E-state index in [0.29, 0.717) is 0 Å². The number of hydrogen-bond donors (Lipinski definition) is 0. The summed E-state index contributed by atoms with van der Waals surface area (Å²) in [5.74, 6) is 0. The van der Waals surface area contributed by atoms with Crippen LogP contribution in [-0.4, -0.2) is 15.0 Å². The summed E-state index contributed by atoms with van der Waals surface area (Å²) in [5, 5.41) is 11.6. The van der Waals surface area contributed by atoms with Gasteiger partial charge in [0.15, 0.2) is 0 Å². The highest BCUT2D eigenvalue weighted by atomic mass is 14.8. The van der Waals surface area contributed by atoms with Crippen molar-refractivity contribution >= 4 is 75.9 Å². The molecule has 0 aliphatic heterocycles. The number of pyridine rings is 3. The summed E-state index contributed by atoms with van der Waals surface area (Å²) in [6.07, 6.45) is 1.84. The smallest absolute Gasteiger partial charge is 0.0972 e. The van der Waals surface area contributed by atoms with Crippen LogP contribution in [0, 0.1) is 0 Å².